The minimum atomic E-state index is -0.382. The maximum atomic E-state index is 10.9. The van der Waals surface area contributed by atoms with Gasteiger partial charge >= 0.3 is 5.97 Å². The van der Waals surface area contributed by atoms with Crippen LogP contribution in [-0.4, -0.2) is 13.1 Å². The molecule has 0 bridgehead atoms. The Morgan fingerprint density at radius 2 is 2.06 bits per heavy atom. The molecular weight excluding hydrogens is 230 g/mol. The zero-order valence-corrected chi connectivity index (χ0v) is 11.0. The SMILES string of the molecule is C=C(C)C[C@@H](N)c1ccc(OC(C)=O)c(OC)c1. The molecule has 0 aromatic heterocycles. The van der Waals surface area contributed by atoms with Crippen LogP contribution < -0.4 is 15.2 Å². The predicted octanol–water partition coefficient (Wildman–Crippen LogP) is 2.59. The Balaban J connectivity index is 2.97. The van der Waals surface area contributed by atoms with E-state index in [1.807, 2.05) is 13.0 Å². The fraction of sp³-hybridized carbons (Fsp3) is 0.357. The summed E-state index contributed by atoms with van der Waals surface area (Å²) in [6.45, 7) is 7.12. The van der Waals surface area contributed by atoms with E-state index in [0.717, 1.165) is 11.1 Å². The Morgan fingerprint density at radius 3 is 2.56 bits per heavy atom. The normalized spacial score (nSPS) is 11.8. The van der Waals surface area contributed by atoms with Crippen molar-refractivity contribution in [2.45, 2.75) is 26.3 Å². The zero-order valence-electron chi connectivity index (χ0n) is 11.0. The Labute approximate surface area is 107 Å². The number of ether oxygens (including phenoxy) is 2. The predicted molar refractivity (Wildman–Crippen MR) is 70.7 cm³/mol. The van der Waals surface area contributed by atoms with Crippen LogP contribution in [-0.2, 0) is 4.79 Å². The number of nitrogens with two attached hydrogens (primary N) is 1. The largest absolute Gasteiger partial charge is 0.493 e. The van der Waals surface area contributed by atoms with Gasteiger partial charge in [-0.3, -0.25) is 4.79 Å². The summed E-state index contributed by atoms with van der Waals surface area (Å²) in [5.41, 5.74) is 7.99. The number of esters is 1. The molecule has 1 aromatic carbocycles. The molecule has 0 unspecified atom stereocenters. The van der Waals surface area contributed by atoms with Gasteiger partial charge in [0, 0.05) is 13.0 Å². The highest BCUT2D eigenvalue weighted by atomic mass is 16.6. The maximum absolute atomic E-state index is 10.9. The molecule has 0 saturated heterocycles. The molecule has 0 amide bonds. The molecule has 0 aliphatic heterocycles. The molecule has 1 rings (SSSR count). The van der Waals surface area contributed by atoms with E-state index in [1.54, 1.807) is 12.1 Å². The summed E-state index contributed by atoms with van der Waals surface area (Å²) in [6.07, 6.45) is 0.704. The van der Waals surface area contributed by atoms with Gasteiger partial charge in [-0.05, 0) is 31.0 Å². The third-order valence-corrected chi connectivity index (χ3v) is 2.44. The Hall–Kier alpha value is -1.81. The van der Waals surface area contributed by atoms with E-state index < -0.39 is 0 Å². The van der Waals surface area contributed by atoms with E-state index in [-0.39, 0.29) is 12.0 Å². The van der Waals surface area contributed by atoms with Gasteiger partial charge < -0.3 is 15.2 Å². The van der Waals surface area contributed by atoms with Crippen LogP contribution in [0.1, 0.15) is 31.9 Å². The molecule has 18 heavy (non-hydrogen) atoms. The highest BCUT2D eigenvalue weighted by Gasteiger charge is 2.12. The van der Waals surface area contributed by atoms with Gasteiger partial charge in [-0.25, -0.2) is 0 Å². The van der Waals surface area contributed by atoms with Gasteiger partial charge in [0.05, 0.1) is 7.11 Å². The summed E-state index contributed by atoms with van der Waals surface area (Å²) in [5, 5.41) is 0. The van der Waals surface area contributed by atoms with E-state index in [1.165, 1.54) is 14.0 Å². The molecule has 0 saturated carbocycles. The average Bonchev–Trinajstić information content (AvgIpc) is 2.27. The smallest absolute Gasteiger partial charge is 0.308 e. The third-order valence-electron chi connectivity index (χ3n) is 2.44. The molecule has 0 aliphatic rings. The number of rotatable bonds is 5. The molecule has 2 N–H and O–H groups in total. The first kappa shape index (κ1) is 14.3. The number of methoxy groups -OCH3 is 1. The molecule has 98 valence electrons. The molecule has 4 nitrogen and oxygen atoms in total. The molecule has 0 heterocycles. The van der Waals surface area contributed by atoms with Crippen molar-refractivity contribution in [3.05, 3.63) is 35.9 Å². The summed E-state index contributed by atoms with van der Waals surface area (Å²) in [6, 6.07) is 5.16. The lowest BCUT2D eigenvalue weighted by molar-refractivity contribution is -0.132. The zero-order chi connectivity index (χ0) is 13.7. The first-order valence-electron chi connectivity index (χ1n) is 5.70. The third kappa shape index (κ3) is 3.89. The monoisotopic (exact) mass is 249 g/mol. The van der Waals surface area contributed by atoms with Gasteiger partial charge in [-0.1, -0.05) is 11.6 Å². The van der Waals surface area contributed by atoms with Gasteiger partial charge in [-0.2, -0.15) is 0 Å². The van der Waals surface area contributed by atoms with Crippen molar-refractivity contribution in [3.8, 4) is 11.5 Å². The van der Waals surface area contributed by atoms with Crippen molar-refractivity contribution in [2.24, 2.45) is 5.73 Å². The fourth-order valence-corrected chi connectivity index (χ4v) is 1.65. The van der Waals surface area contributed by atoms with Crippen molar-refractivity contribution >= 4 is 5.97 Å². The van der Waals surface area contributed by atoms with Crippen molar-refractivity contribution in [1.29, 1.82) is 0 Å². The van der Waals surface area contributed by atoms with Crippen LogP contribution in [0.4, 0.5) is 0 Å². The van der Waals surface area contributed by atoms with E-state index in [2.05, 4.69) is 6.58 Å². The van der Waals surface area contributed by atoms with Crippen LogP contribution in [0.15, 0.2) is 30.4 Å². The molecule has 0 spiro atoms. The van der Waals surface area contributed by atoms with Crippen LogP contribution in [0.2, 0.25) is 0 Å². The number of hydrogen-bond acceptors (Lipinski definition) is 4. The molecule has 4 heteroatoms. The van der Waals surface area contributed by atoms with Crippen molar-refractivity contribution in [1.82, 2.24) is 0 Å². The highest BCUT2D eigenvalue weighted by molar-refractivity contribution is 5.70. The van der Waals surface area contributed by atoms with E-state index in [9.17, 15) is 4.79 Å². The molecule has 0 aliphatic carbocycles. The molecule has 0 fully saturated rings. The van der Waals surface area contributed by atoms with Crippen molar-refractivity contribution < 1.29 is 14.3 Å². The van der Waals surface area contributed by atoms with Gasteiger partial charge in [0.25, 0.3) is 0 Å². The summed E-state index contributed by atoms with van der Waals surface area (Å²) in [4.78, 5) is 10.9. The average molecular weight is 249 g/mol. The molecule has 1 atom stereocenters. The Kier molecular flexibility index (Phi) is 4.92. The van der Waals surface area contributed by atoms with Crippen molar-refractivity contribution in [2.75, 3.05) is 7.11 Å². The Bertz CT molecular complexity index is 454. The topological polar surface area (TPSA) is 61.5 Å². The first-order chi connectivity index (χ1) is 8.43. The van der Waals surface area contributed by atoms with Gasteiger partial charge in [-0.15, -0.1) is 6.58 Å². The number of carbonyl (C=O) groups excluding carboxylic acids is 1. The van der Waals surface area contributed by atoms with Crippen LogP contribution >= 0.6 is 0 Å². The second-order valence-electron chi connectivity index (χ2n) is 4.27. The van der Waals surface area contributed by atoms with Crippen LogP contribution in [0, 0.1) is 0 Å². The van der Waals surface area contributed by atoms with E-state index >= 15 is 0 Å². The summed E-state index contributed by atoms with van der Waals surface area (Å²) in [7, 11) is 1.52. The van der Waals surface area contributed by atoms with Gasteiger partial charge in [0.1, 0.15) is 0 Å². The number of benzene rings is 1. The number of carbonyl (C=O) groups is 1. The minimum absolute atomic E-state index is 0.136. The summed E-state index contributed by atoms with van der Waals surface area (Å²) in [5.74, 6) is 0.517. The van der Waals surface area contributed by atoms with Gasteiger partial charge in [0.2, 0.25) is 0 Å². The standard InChI is InChI=1S/C14H19NO3/c1-9(2)7-12(15)11-5-6-13(18-10(3)16)14(8-11)17-4/h5-6,8,12H,1,7,15H2,2-4H3/t12-/m1/s1. The van der Waals surface area contributed by atoms with E-state index in [0.29, 0.717) is 17.9 Å². The molecular formula is C14H19NO3. The summed E-state index contributed by atoms with van der Waals surface area (Å²) < 4.78 is 10.2. The second-order valence-corrected chi connectivity index (χ2v) is 4.27. The quantitative estimate of drug-likeness (QED) is 0.495. The van der Waals surface area contributed by atoms with Crippen molar-refractivity contribution in [3.63, 3.8) is 0 Å². The van der Waals surface area contributed by atoms with Crippen LogP contribution in [0.5, 0.6) is 11.5 Å². The number of hydrogen-bond donors (Lipinski definition) is 1. The fourth-order valence-electron chi connectivity index (χ4n) is 1.65. The maximum Gasteiger partial charge on any atom is 0.308 e. The highest BCUT2D eigenvalue weighted by Crippen LogP contribution is 2.31. The van der Waals surface area contributed by atoms with Crippen LogP contribution in [0.25, 0.3) is 0 Å². The lowest BCUT2D eigenvalue weighted by Gasteiger charge is -2.15. The second kappa shape index (κ2) is 6.21. The Morgan fingerprint density at radius 1 is 1.39 bits per heavy atom. The van der Waals surface area contributed by atoms with E-state index in [4.69, 9.17) is 15.2 Å². The molecule has 1 aromatic rings. The lowest BCUT2D eigenvalue weighted by Crippen LogP contribution is -2.11. The summed E-state index contributed by atoms with van der Waals surface area (Å²) >= 11 is 0. The lowest BCUT2D eigenvalue weighted by atomic mass is 10.0. The minimum Gasteiger partial charge on any atom is -0.493 e. The van der Waals surface area contributed by atoms with Crippen LogP contribution in [0.3, 0.4) is 0 Å². The molecule has 0 radical (unpaired) electrons. The first-order valence-corrected chi connectivity index (χ1v) is 5.70. The van der Waals surface area contributed by atoms with Gasteiger partial charge in [0.15, 0.2) is 11.5 Å².